The van der Waals surface area contributed by atoms with E-state index in [-0.39, 0.29) is 13.2 Å². The quantitative estimate of drug-likeness (QED) is 0.614. The third kappa shape index (κ3) is 2.33. The first kappa shape index (κ1) is 8.24. The van der Waals surface area contributed by atoms with Crippen molar-refractivity contribution in [3.63, 3.8) is 0 Å². The standard InChI is InChI=1S/C9H12O2/c10-6-8-3-1-2-4-9(5-8)7-11/h1-4,10-11H,5-7H2. The first-order valence-corrected chi connectivity index (χ1v) is 3.62. The first-order valence-electron chi connectivity index (χ1n) is 3.62. The molecule has 0 spiro atoms. The van der Waals surface area contributed by atoms with Crippen molar-refractivity contribution < 1.29 is 10.2 Å². The summed E-state index contributed by atoms with van der Waals surface area (Å²) < 4.78 is 0. The van der Waals surface area contributed by atoms with E-state index in [1.165, 1.54) is 0 Å². The van der Waals surface area contributed by atoms with E-state index in [1.54, 1.807) is 0 Å². The van der Waals surface area contributed by atoms with Gasteiger partial charge in [-0.1, -0.05) is 24.3 Å². The van der Waals surface area contributed by atoms with Gasteiger partial charge in [-0.2, -0.15) is 0 Å². The average Bonchev–Trinajstić information content (AvgIpc) is 2.28. The number of hydrogen-bond donors (Lipinski definition) is 2. The highest BCUT2D eigenvalue weighted by atomic mass is 16.3. The summed E-state index contributed by atoms with van der Waals surface area (Å²) in [4.78, 5) is 0. The molecule has 11 heavy (non-hydrogen) atoms. The molecule has 0 aromatic rings. The van der Waals surface area contributed by atoms with Gasteiger partial charge in [0, 0.05) is 0 Å². The maximum atomic E-state index is 8.82. The summed E-state index contributed by atoms with van der Waals surface area (Å²) in [5, 5.41) is 17.6. The van der Waals surface area contributed by atoms with Crippen molar-refractivity contribution in [1.29, 1.82) is 0 Å². The van der Waals surface area contributed by atoms with Gasteiger partial charge in [0.25, 0.3) is 0 Å². The van der Waals surface area contributed by atoms with Crippen molar-refractivity contribution in [3.05, 3.63) is 35.5 Å². The summed E-state index contributed by atoms with van der Waals surface area (Å²) in [5.41, 5.74) is 1.89. The van der Waals surface area contributed by atoms with Crippen molar-refractivity contribution in [2.75, 3.05) is 13.2 Å². The van der Waals surface area contributed by atoms with Gasteiger partial charge in [-0.25, -0.2) is 0 Å². The molecular weight excluding hydrogens is 140 g/mol. The topological polar surface area (TPSA) is 40.5 Å². The lowest BCUT2D eigenvalue weighted by molar-refractivity contribution is 0.315. The Labute approximate surface area is 66.2 Å². The van der Waals surface area contributed by atoms with Gasteiger partial charge in [0.15, 0.2) is 0 Å². The van der Waals surface area contributed by atoms with E-state index in [0.29, 0.717) is 6.42 Å². The lowest BCUT2D eigenvalue weighted by Gasteiger charge is -2.02. The van der Waals surface area contributed by atoms with Crippen molar-refractivity contribution >= 4 is 0 Å². The second-order valence-electron chi connectivity index (χ2n) is 2.53. The SMILES string of the molecule is OCC1=CC=CC=C(CO)C1. The average molecular weight is 152 g/mol. The minimum absolute atomic E-state index is 0.0711. The Balaban J connectivity index is 2.69. The number of allylic oxidation sites excluding steroid dienone is 4. The highest BCUT2D eigenvalue weighted by Gasteiger charge is 2.00. The number of aliphatic hydroxyl groups excluding tert-OH is 2. The van der Waals surface area contributed by atoms with Crippen molar-refractivity contribution in [3.8, 4) is 0 Å². The van der Waals surface area contributed by atoms with Gasteiger partial charge in [-0.3, -0.25) is 0 Å². The summed E-state index contributed by atoms with van der Waals surface area (Å²) in [6.07, 6.45) is 8.17. The highest BCUT2D eigenvalue weighted by molar-refractivity contribution is 5.28. The molecule has 0 unspecified atom stereocenters. The number of aliphatic hydroxyl groups is 2. The second kappa shape index (κ2) is 4.11. The maximum Gasteiger partial charge on any atom is 0.0647 e. The Bertz CT molecular complexity index is 190. The third-order valence-corrected chi connectivity index (χ3v) is 1.64. The van der Waals surface area contributed by atoms with Crippen molar-refractivity contribution in [2.24, 2.45) is 0 Å². The Morgan fingerprint density at radius 3 is 1.82 bits per heavy atom. The van der Waals surface area contributed by atoms with Crippen LogP contribution in [-0.4, -0.2) is 23.4 Å². The van der Waals surface area contributed by atoms with Crippen LogP contribution in [0.3, 0.4) is 0 Å². The molecule has 0 aromatic carbocycles. The predicted octanol–water partition coefficient (Wildman–Crippen LogP) is 0.784. The van der Waals surface area contributed by atoms with Gasteiger partial charge in [-0.05, 0) is 17.6 Å². The van der Waals surface area contributed by atoms with Crippen LogP contribution < -0.4 is 0 Å². The van der Waals surface area contributed by atoms with E-state index in [0.717, 1.165) is 11.1 Å². The van der Waals surface area contributed by atoms with E-state index < -0.39 is 0 Å². The predicted molar refractivity (Wildman–Crippen MR) is 44.1 cm³/mol. The zero-order valence-corrected chi connectivity index (χ0v) is 6.33. The fourth-order valence-electron chi connectivity index (χ4n) is 1.01. The second-order valence-corrected chi connectivity index (χ2v) is 2.53. The van der Waals surface area contributed by atoms with Crippen LogP contribution in [0.25, 0.3) is 0 Å². The van der Waals surface area contributed by atoms with Gasteiger partial charge >= 0.3 is 0 Å². The van der Waals surface area contributed by atoms with Crippen LogP contribution in [0.1, 0.15) is 6.42 Å². The molecule has 1 aliphatic carbocycles. The van der Waals surface area contributed by atoms with Crippen LogP contribution in [0.4, 0.5) is 0 Å². The van der Waals surface area contributed by atoms with Gasteiger partial charge in [0.1, 0.15) is 0 Å². The highest BCUT2D eigenvalue weighted by Crippen LogP contribution is 2.13. The Kier molecular flexibility index (Phi) is 3.08. The van der Waals surface area contributed by atoms with E-state index >= 15 is 0 Å². The fraction of sp³-hybridized carbons (Fsp3) is 0.333. The lowest BCUT2D eigenvalue weighted by Crippen LogP contribution is -1.95. The molecule has 0 bridgehead atoms. The zero-order chi connectivity index (χ0) is 8.10. The molecule has 2 nitrogen and oxygen atoms in total. The molecule has 0 fully saturated rings. The van der Waals surface area contributed by atoms with Gasteiger partial charge in [-0.15, -0.1) is 0 Å². The van der Waals surface area contributed by atoms with Crippen LogP contribution in [0, 0.1) is 0 Å². The van der Waals surface area contributed by atoms with Gasteiger partial charge < -0.3 is 10.2 Å². The molecule has 0 saturated heterocycles. The number of hydrogen-bond acceptors (Lipinski definition) is 2. The normalized spacial score (nSPS) is 17.3. The van der Waals surface area contributed by atoms with Crippen LogP contribution in [-0.2, 0) is 0 Å². The maximum absolute atomic E-state index is 8.82. The molecule has 0 heterocycles. The molecule has 2 heteroatoms. The molecule has 60 valence electrons. The van der Waals surface area contributed by atoms with E-state index in [1.807, 2.05) is 24.3 Å². The molecule has 1 aliphatic rings. The molecule has 0 amide bonds. The van der Waals surface area contributed by atoms with E-state index in [9.17, 15) is 0 Å². The van der Waals surface area contributed by atoms with Gasteiger partial charge in [0.2, 0.25) is 0 Å². The van der Waals surface area contributed by atoms with Crippen LogP contribution in [0.5, 0.6) is 0 Å². The number of rotatable bonds is 2. The Morgan fingerprint density at radius 1 is 1.00 bits per heavy atom. The fourth-order valence-corrected chi connectivity index (χ4v) is 1.01. The Morgan fingerprint density at radius 2 is 1.45 bits per heavy atom. The minimum Gasteiger partial charge on any atom is -0.392 e. The van der Waals surface area contributed by atoms with Crippen LogP contribution in [0.2, 0.25) is 0 Å². The molecule has 0 atom stereocenters. The van der Waals surface area contributed by atoms with Gasteiger partial charge in [0.05, 0.1) is 13.2 Å². The third-order valence-electron chi connectivity index (χ3n) is 1.64. The molecule has 0 saturated carbocycles. The van der Waals surface area contributed by atoms with E-state index in [4.69, 9.17) is 10.2 Å². The van der Waals surface area contributed by atoms with E-state index in [2.05, 4.69) is 0 Å². The van der Waals surface area contributed by atoms with Crippen molar-refractivity contribution in [1.82, 2.24) is 0 Å². The van der Waals surface area contributed by atoms with Crippen LogP contribution >= 0.6 is 0 Å². The van der Waals surface area contributed by atoms with Crippen LogP contribution in [0.15, 0.2) is 35.5 Å². The summed E-state index contributed by atoms with van der Waals surface area (Å²) >= 11 is 0. The molecule has 0 aliphatic heterocycles. The molecule has 2 N–H and O–H groups in total. The zero-order valence-electron chi connectivity index (χ0n) is 6.33. The largest absolute Gasteiger partial charge is 0.392 e. The molecular formula is C9H12O2. The molecule has 0 aromatic heterocycles. The summed E-state index contributed by atoms with van der Waals surface area (Å²) in [5.74, 6) is 0. The molecule has 0 radical (unpaired) electrons. The summed E-state index contributed by atoms with van der Waals surface area (Å²) in [6, 6.07) is 0. The lowest BCUT2D eigenvalue weighted by atomic mass is 10.1. The monoisotopic (exact) mass is 152 g/mol. The van der Waals surface area contributed by atoms with Crippen molar-refractivity contribution in [2.45, 2.75) is 6.42 Å². The first-order chi connectivity index (χ1) is 5.36. The summed E-state index contributed by atoms with van der Waals surface area (Å²) in [6.45, 7) is 0.142. The Hall–Kier alpha value is -0.860. The minimum atomic E-state index is 0.0711. The molecule has 1 rings (SSSR count). The smallest absolute Gasteiger partial charge is 0.0647 e. The summed E-state index contributed by atoms with van der Waals surface area (Å²) in [7, 11) is 0.